The second kappa shape index (κ2) is 14.8. The molecule has 26 heteroatoms. The van der Waals surface area contributed by atoms with Gasteiger partial charge in [0, 0.05) is 12.1 Å². The quantitative estimate of drug-likeness (QED) is 0.0290. The third-order valence-electron chi connectivity index (χ3n) is 3.58. The van der Waals surface area contributed by atoms with Crippen molar-refractivity contribution < 1.29 is 76.9 Å². The van der Waals surface area contributed by atoms with Gasteiger partial charge < -0.3 is 49.1 Å². The van der Waals surface area contributed by atoms with E-state index in [0.717, 1.165) is 0 Å². The topological polar surface area (TPSA) is 325 Å². The van der Waals surface area contributed by atoms with Crippen molar-refractivity contribution in [1.29, 1.82) is 0 Å². The number of nitrogens with two attached hydrogens (primary N) is 2. The molecule has 1 atom stereocenters. The van der Waals surface area contributed by atoms with E-state index in [1.54, 1.807) is 0 Å². The fraction of sp³-hybridized carbons (Fsp3) is 1.00. The molecule has 0 aromatic heterocycles. The van der Waals surface area contributed by atoms with Crippen molar-refractivity contribution in [2.45, 2.75) is 37.4 Å². The molecule has 1 unspecified atom stereocenters. The zero-order chi connectivity index (χ0) is 27.6. The molecule has 0 fully saturated rings. The molecule has 0 bridgehead atoms. The number of phosphoric acid groups is 3. The summed E-state index contributed by atoms with van der Waals surface area (Å²) in [6.07, 6.45) is -0.454. The lowest BCUT2D eigenvalue weighted by Crippen LogP contribution is -2.58. The lowest BCUT2D eigenvalue weighted by molar-refractivity contribution is 0.134. The maximum absolute atomic E-state index is 11.7. The van der Waals surface area contributed by atoms with E-state index in [1.165, 1.54) is 0 Å². The average molecular weight is 649 g/mol. The molecule has 11 N–H and O–H groups in total. The standard InChI is InChI=1S/C9H31N2O17P3SSi3/c10-4-1-7-33-27-35(8-2-5-11,26-31(18,19)20)28-34(24-29(12,13)14,25-30(15,16)17)9-3-6-32(21,22)23/h1-11,33H2,(H2,12,13,14)(H2,15,16,17)(H2,18,19,20)(H,21,22,23). The first-order valence-electron chi connectivity index (χ1n) is 9.64. The Labute approximate surface area is 205 Å². The van der Waals surface area contributed by atoms with Gasteiger partial charge in [0.25, 0.3) is 10.1 Å². The average Bonchev–Trinajstić information content (AvgIpc) is 2.58. The zero-order valence-corrected chi connectivity index (χ0v) is 25.1. The van der Waals surface area contributed by atoms with Gasteiger partial charge in [-0.1, -0.05) is 0 Å². The summed E-state index contributed by atoms with van der Waals surface area (Å²) in [5, 5.41) is 0. The predicted molar refractivity (Wildman–Crippen MR) is 124 cm³/mol. The molecule has 0 radical (unpaired) electrons. The molecule has 0 aromatic carbocycles. The molecule has 35 heavy (non-hydrogen) atoms. The van der Waals surface area contributed by atoms with Crippen LogP contribution in [0.4, 0.5) is 0 Å². The highest BCUT2D eigenvalue weighted by Gasteiger charge is 2.60. The fourth-order valence-electron chi connectivity index (χ4n) is 2.48. The number of hydrogen-bond acceptors (Lipinski definition) is 12. The van der Waals surface area contributed by atoms with Gasteiger partial charge in [0.05, 0.1) is 5.75 Å². The molecular formula is C9H31N2O17P3SSi3. The summed E-state index contributed by atoms with van der Waals surface area (Å²) >= 11 is 0. The zero-order valence-electron chi connectivity index (χ0n) is 18.2. The van der Waals surface area contributed by atoms with Crippen molar-refractivity contribution in [3.8, 4) is 0 Å². The normalized spacial score (nSPS) is 16.1. The van der Waals surface area contributed by atoms with Crippen LogP contribution in [0.2, 0.25) is 18.1 Å². The van der Waals surface area contributed by atoms with E-state index in [0.29, 0.717) is 12.5 Å². The number of rotatable bonds is 20. The summed E-state index contributed by atoms with van der Waals surface area (Å²) in [4.78, 5) is 56.3. The number of hydrogen-bond donors (Lipinski definition) is 9. The smallest absolute Gasteiger partial charge is 0.421 e. The first-order chi connectivity index (χ1) is 15.7. The third kappa shape index (κ3) is 18.6. The predicted octanol–water partition coefficient (Wildman–Crippen LogP) is -2.30. The van der Waals surface area contributed by atoms with Crippen LogP contribution in [0.25, 0.3) is 0 Å². The Balaban J connectivity index is 6.65. The SMILES string of the molecule is NCCC[SiH2]O[Si](CCCN)(O[Si](CCCS(=O)(=O)O)(OP(=O)(O)O)OP(=O)(O)O)OP(=O)(O)O. The largest absolute Gasteiger partial charge is 0.510 e. The lowest BCUT2D eigenvalue weighted by atomic mass is 10.5. The van der Waals surface area contributed by atoms with Crippen molar-refractivity contribution in [2.24, 2.45) is 11.5 Å². The second-order valence-corrected chi connectivity index (χ2v) is 20.4. The van der Waals surface area contributed by atoms with E-state index < -0.39 is 85.2 Å². The minimum Gasteiger partial charge on any atom is -0.421 e. The molecule has 0 aliphatic rings. The molecule has 0 saturated carbocycles. The summed E-state index contributed by atoms with van der Waals surface area (Å²) < 4.78 is 90.9. The van der Waals surface area contributed by atoms with Crippen molar-refractivity contribution in [3.05, 3.63) is 0 Å². The molecule has 0 heterocycles. The molecule has 0 aromatic rings. The molecule has 0 aliphatic heterocycles. The Morgan fingerprint density at radius 3 is 1.57 bits per heavy atom. The molecule has 0 aliphatic carbocycles. The van der Waals surface area contributed by atoms with Gasteiger partial charge in [-0.25, -0.2) is 13.7 Å². The summed E-state index contributed by atoms with van der Waals surface area (Å²) in [6, 6.07) is -1.25. The Hall–Kier alpha value is 0.731. The van der Waals surface area contributed by atoms with E-state index in [-0.39, 0.29) is 19.5 Å². The van der Waals surface area contributed by atoms with Crippen LogP contribution >= 0.6 is 23.5 Å². The maximum atomic E-state index is 11.7. The summed E-state index contributed by atoms with van der Waals surface area (Å²) in [6.45, 7) is 0.108. The van der Waals surface area contributed by atoms with Crippen LogP contribution < -0.4 is 11.5 Å². The highest BCUT2D eigenvalue weighted by Crippen LogP contribution is 2.52. The monoisotopic (exact) mass is 648 g/mol. The summed E-state index contributed by atoms with van der Waals surface area (Å²) in [7, 11) is -33.7. The van der Waals surface area contributed by atoms with Crippen LogP contribution in [0.15, 0.2) is 0 Å². The van der Waals surface area contributed by atoms with E-state index >= 15 is 0 Å². The highest BCUT2D eigenvalue weighted by molar-refractivity contribution is 7.85. The van der Waals surface area contributed by atoms with Crippen molar-refractivity contribution in [1.82, 2.24) is 0 Å². The van der Waals surface area contributed by atoms with Crippen LogP contribution in [0.5, 0.6) is 0 Å². The molecule has 0 spiro atoms. The van der Waals surface area contributed by atoms with Gasteiger partial charge in [-0.2, -0.15) is 8.42 Å². The van der Waals surface area contributed by atoms with E-state index in [1.807, 2.05) is 0 Å². The fourth-order valence-corrected chi connectivity index (χ4v) is 18.9. The van der Waals surface area contributed by atoms with E-state index in [4.69, 9.17) is 28.5 Å². The molecule has 19 nitrogen and oxygen atoms in total. The lowest BCUT2D eigenvalue weighted by Gasteiger charge is -2.38. The Bertz CT molecular complexity index is 870. The van der Waals surface area contributed by atoms with Gasteiger partial charge in [-0.3, -0.25) is 17.2 Å². The van der Waals surface area contributed by atoms with Crippen LogP contribution in [-0.2, 0) is 44.7 Å². The van der Waals surface area contributed by atoms with Crippen LogP contribution in [-0.4, -0.2) is 88.5 Å². The minimum absolute atomic E-state index is 0.0984. The van der Waals surface area contributed by atoms with Gasteiger partial charge in [-0.05, 0) is 38.4 Å². The Morgan fingerprint density at radius 2 is 1.17 bits per heavy atom. The van der Waals surface area contributed by atoms with Gasteiger partial charge in [0.1, 0.15) is 0 Å². The van der Waals surface area contributed by atoms with Crippen LogP contribution in [0.1, 0.15) is 19.3 Å². The van der Waals surface area contributed by atoms with E-state index in [2.05, 4.69) is 8.43 Å². The molecule has 212 valence electrons. The van der Waals surface area contributed by atoms with E-state index in [9.17, 15) is 51.5 Å². The van der Waals surface area contributed by atoms with Crippen molar-refractivity contribution in [3.63, 3.8) is 0 Å². The summed E-state index contributed by atoms with van der Waals surface area (Å²) in [5.41, 5.74) is 10.8. The Kier molecular flexibility index (Phi) is 15.1. The molecule has 0 rings (SSSR count). The first kappa shape index (κ1) is 35.7. The minimum atomic E-state index is -5.71. The van der Waals surface area contributed by atoms with Gasteiger partial charge >= 0.3 is 41.1 Å². The van der Waals surface area contributed by atoms with Crippen LogP contribution in [0.3, 0.4) is 0 Å². The Morgan fingerprint density at radius 1 is 0.743 bits per heavy atom. The third-order valence-corrected chi connectivity index (χ3v) is 18.4. The summed E-state index contributed by atoms with van der Waals surface area (Å²) in [5.74, 6) is -1.08. The maximum Gasteiger partial charge on any atom is 0.510 e. The molecular weight excluding hydrogens is 617 g/mol. The first-order valence-corrected chi connectivity index (χ1v) is 21.3. The van der Waals surface area contributed by atoms with Crippen molar-refractivity contribution in [2.75, 3.05) is 18.8 Å². The van der Waals surface area contributed by atoms with Crippen LogP contribution in [0, 0.1) is 0 Å². The van der Waals surface area contributed by atoms with Gasteiger partial charge in [-0.15, -0.1) is 0 Å². The van der Waals surface area contributed by atoms with Crippen molar-refractivity contribution >= 4 is 61.0 Å². The molecule has 0 saturated heterocycles. The van der Waals surface area contributed by atoms with Gasteiger partial charge in [0.2, 0.25) is 0 Å². The highest BCUT2D eigenvalue weighted by atomic mass is 32.2. The van der Waals surface area contributed by atoms with Gasteiger partial charge in [0.15, 0.2) is 9.76 Å². The molecule has 0 amide bonds. The second-order valence-electron chi connectivity index (χ2n) is 6.84.